The number of aliphatic hydroxyl groups is 1. The molecule has 9 heteroatoms. The molecule has 1 aromatic heterocycles. The SMILES string of the molecule is CCc1ccccc1-n1cc(C(=O)N[C@H](CO)C(F)(F)F)nn1. The van der Waals surface area contributed by atoms with Crippen LogP contribution in [0.3, 0.4) is 0 Å². The van der Waals surface area contributed by atoms with Gasteiger partial charge < -0.3 is 10.4 Å². The minimum atomic E-state index is -4.74. The van der Waals surface area contributed by atoms with Crippen LogP contribution in [-0.4, -0.2) is 44.8 Å². The highest BCUT2D eigenvalue weighted by Gasteiger charge is 2.40. The van der Waals surface area contributed by atoms with E-state index in [1.807, 2.05) is 19.1 Å². The highest BCUT2D eigenvalue weighted by Crippen LogP contribution is 2.20. The fourth-order valence-corrected chi connectivity index (χ4v) is 1.98. The number of aromatic nitrogens is 3. The molecule has 0 saturated carbocycles. The minimum Gasteiger partial charge on any atom is -0.394 e. The molecule has 0 aliphatic carbocycles. The van der Waals surface area contributed by atoms with Gasteiger partial charge in [0.05, 0.1) is 18.5 Å². The lowest BCUT2D eigenvalue weighted by atomic mass is 10.1. The monoisotopic (exact) mass is 328 g/mol. The molecule has 6 nitrogen and oxygen atoms in total. The number of alkyl halides is 3. The van der Waals surface area contributed by atoms with Crippen molar-refractivity contribution in [1.82, 2.24) is 20.3 Å². The summed E-state index contributed by atoms with van der Waals surface area (Å²) < 4.78 is 39.0. The van der Waals surface area contributed by atoms with Crippen molar-refractivity contribution in [3.8, 4) is 5.69 Å². The van der Waals surface area contributed by atoms with E-state index in [4.69, 9.17) is 5.11 Å². The van der Waals surface area contributed by atoms with Crippen LogP contribution in [0.4, 0.5) is 13.2 Å². The number of halogens is 3. The molecular formula is C14H15F3N4O2. The summed E-state index contributed by atoms with van der Waals surface area (Å²) in [5, 5.41) is 17.8. The zero-order chi connectivity index (χ0) is 17.0. The zero-order valence-electron chi connectivity index (χ0n) is 12.2. The number of benzene rings is 1. The number of rotatable bonds is 5. The first-order valence-corrected chi connectivity index (χ1v) is 6.85. The van der Waals surface area contributed by atoms with Gasteiger partial charge in [-0.25, -0.2) is 4.68 Å². The Hall–Kier alpha value is -2.42. The van der Waals surface area contributed by atoms with Gasteiger partial charge in [-0.1, -0.05) is 30.3 Å². The Balaban J connectivity index is 2.20. The van der Waals surface area contributed by atoms with Gasteiger partial charge in [-0.05, 0) is 18.1 Å². The van der Waals surface area contributed by atoms with E-state index in [-0.39, 0.29) is 5.69 Å². The van der Waals surface area contributed by atoms with Crippen LogP contribution in [0.5, 0.6) is 0 Å². The number of nitrogens with one attached hydrogen (secondary N) is 1. The molecular weight excluding hydrogens is 313 g/mol. The largest absolute Gasteiger partial charge is 0.410 e. The maximum Gasteiger partial charge on any atom is 0.410 e. The number of nitrogens with zero attached hydrogens (tertiary/aromatic N) is 3. The first-order valence-electron chi connectivity index (χ1n) is 6.85. The minimum absolute atomic E-state index is 0.265. The predicted octanol–water partition coefficient (Wildman–Crippen LogP) is 1.48. The molecule has 2 aromatic rings. The lowest BCUT2D eigenvalue weighted by molar-refractivity contribution is -0.161. The van der Waals surface area contributed by atoms with E-state index < -0.39 is 24.7 Å². The van der Waals surface area contributed by atoms with Crippen LogP contribution in [0.25, 0.3) is 5.69 Å². The molecule has 1 amide bonds. The summed E-state index contributed by atoms with van der Waals surface area (Å²) in [5.41, 5.74) is 1.38. The van der Waals surface area contributed by atoms with Gasteiger partial charge in [0.1, 0.15) is 6.04 Å². The van der Waals surface area contributed by atoms with Gasteiger partial charge in [0.2, 0.25) is 0 Å². The molecule has 0 fully saturated rings. The average molecular weight is 328 g/mol. The zero-order valence-corrected chi connectivity index (χ0v) is 12.2. The number of hydrogen-bond donors (Lipinski definition) is 2. The molecule has 0 radical (unpaired) electrons. The molecule has 23 heavy (non-hydrogen) atoms. The Labute approximate surface area is 129 Å². The fraction of sp³-hybridized carbons (Fsp3) is 0.357. The van der Waals surface area contributed by atoms with E-state index in [0.717, 1.165) is 12.0 Å². The Bertz CT molecular complexity index is 685. The van der Waals surface area contributed by atoms with E-state index in [1.54, 1.807) is 17.4 Å². The average Bonchev–Trinajstić information content (AvgIpc) is 3.01. The molecule has 0 bridgehead atoms. The van der Waals surface area contributed by atoms with E-state index in [9.17, 15) is 18.0 Å². The van der Waals surface area contributed by atoms with Crippen molar-refractivity contribution < 1.29 is 23.1 Å². The lowest BCUT2D eigenvalue weighted by Gasteiger charge is -2.18. The first-order chi connectivity index (χ1) is 10.9. The number of aliphatic hydroxyl groups excluding tert-OH is 1. The van der Waals surface area contributed by atoms with Gasteiger partial charge in [-0.2, -0.15) is 13.2 Å². The van der Waals surface area contributed by atoms with Gasteiger partial charge in [-0.15, -0.1) is 5.10 Å². The standard InChI is InChI=1S/C14H15F3N4O2/c1-2-9-5-3-4-6-11(9)21-7-10(19-20-21)13(23)18-12(8-22)14(15,16)17/h3-7,12,22H,2,8H2,1H3,(H,18,23)/t12-/m1/s1. The Morgan fingerprint density at radius 3 is 2.70 bits per heavy atom. The molecule has 124 valence electrons. The number of aryl methyl sites for hydroxylation is 1. The van der Waals surface area contributed by atoms with Crippen molar-refractivity contribution >= 4 is 5.91 Å². The van der Waals surface area contributed by atoms with Crippen LogP contribution < -0.4 is 5.32 Å². The van der Waals surface area contributed by atoms with Gasteiger partial charge in [-0.3, -0.25) is 4.79 Å². The molecule has 2 N–H and O–H groups in total. The van der Waals surface area contributed by atoms with Crippen LogP contribution >= 0.6 is 0 Å². The molecule has 0 saturated heterocycles. The fourth-order valence-electron chi connectivity index (χ4n) is 1.98. The van der Waals surface area contributed by atoms with Crippen molar-refractivity contribution in [3.05, 3.63) is 41.7 Å². The van der Waals surface area contributed by atoms with Crippen LogP contribution in [-0.2, 0) is 6.42 Å². The highest BCUT2D eigenvalue weighted by atomic mass is 19.4. The number of carbonyl (C=O) groups is 1. The summed E-state index contributed by atoms with van der Waals surface area (Å²) in [6, 6.07) is 4.93. The summed E-state index contributed by atoms with van der Waals surface area (Å²) in [4.78, 5) is 11.8. The van der Waals surface area contributed by atoms with Crippen molar-refractivity contribution in [2.75, 3.05) is 6.61 Å². The summed E-state index contributed by atoms with van der Waals surface area (Å²) in [6.45, 7) is 0.695. The molecule has 1 aromatic carbocycles. The van der Waals surface area contributed by atoms with E-state index in [2.05, 4.69) is 10.3 Å². The van der Waals surface area contributed by atoms with Crippen molar-refractivity contribution in [3.63, 3.8) is 0 Å². The summed E-state index contributed by atoms with van der Waals surface area (Å²) in [7, 11) is 0. The third-order valence-electron chi connectivity index (χ3n) is 3.23. The molecule has 0 unspecified atom stereocenters. The molecule has 0 aliphatic rings. The van der Waals surface area contributed by atoms with Gasteiger partial charge >= 0.3 is 6.18 Å². The second kappa shape index (κ2) is 6.78. The van der Waals surface area contributed by atoms with Gasteiger partial charge in [0.15, 0.2) is 5.69 Å². The molecule has 0 spiro atoms. The summed E-state index contributed by atoms with van der Waals surface area (Å²) in [6.07, 6.45) is -2.78. The lowest BCUT2D eigenvalue weighted by Crippen LogP contribution is -2.47. The number of carbonyl (C=O) groups excluding carboxylic acids is 1. The summed E-state index contributed by atoms with van der Waals surface area (Å²) in [5.74, 6) is -1.05. The third kappa shape index (κ3) is 3.86. The Morgan fingerprint density at radius 1 is 1.39 bits per heavy atom. The molecule has 0 aliphatic heterocycles. The number of amides is 1. The molecule has 1 heterocycles. The van der Waals surface area contributed by atoms with Crippen LogP contribution in [0, 0.1) is 0 Å². The van der Waals surface area contributed by atoms with Crippen molar-refractivity contribution in [2.24, 2.45) is 0 Å². The van der Waals surface area contributed by atoms with E-state index in [0.29, 0.717) is 5.69 Å². The summed E-state index contributed by atoms with van der Waals surface area (Å²) >= 11 is 0. The normalized spacial score (nSPS) is 12.9. The first kappa shape index (κ1) is 16.9. The van der Waals surface area contributed by atoms with Gasteiger partial charge in [0, 0.05) is 0 Å². The predicted molar refractivity (Wildman–Crippen MR) is 75.1 cm³/mol. The maximum atomic E-state index is 12.5. The number of para-hydroxylation sites is 1. The van der Waals surface area contributed by atoms with Crippen molar-refractivity contribution in [2.45, 2.75) is 25.6 Å². The quantitative estimate of drug-likeness (QED) is 0.871. The van der Waals surface area contributed by atoms with Crippen molar-refractivity contribution in [1.29, 1.82) is 0 Å². The second-order valence-electron chi connectivity index (χ2n) is 4.78. The Kier molecular flexibility index (Phi) is 4.99. The number of hydrogen-bond acceptors (Lipinski definition) is 4. The van der Waals surface area contributed by atoms with Crippen LogP contribution in [0.2, 0.25) is 0 Å². The molecule has 2 rings (SSSR count). The van der Waals surface area contributed by atoms with Crippen LogP contribution in [0.15, 0.2) is 30.5 Å². The third-order valence-corrected chi connectivity index (χ3v) is 3.23. The van der Waals surface area contributed by atoms with Crippen LogP contribution in [0.1, 0.15) is 23.0 Å². The smallest absolute Gasteiger partial charge is 0.394 e. The topological polar surface area (TPSA) is 80.0 Å². The highest BCUT2D eigenvalue weighted by molar-refractivity contribution is 5.92. The van der Waals surface area contributed by atoms with E-state index in [1.165, 1.54) is 10.9 Å². The Morgan fingerprint density at radius 2 is 2.09 bits per heavy atom. The van der Waals surface area contributed by atoms with Gasteiger partial charge in [0.25, 0.3) is 5.91 Å². The maximum absolute atomic E-state index is 12.5. The molecule has 1 atom stereocenters. The van der Waals surface area contributed by atoms with E-state index >= 15 is 0 Å². The second-order valence-corrected chi connectivity index (χ2v) is 4.78.